The van der Waals surface area contributed by atoms with Gasteiger partial charge in [0.05, 0.1) is 17.2 Å². The fourth-order valence-corrected chi connectivity index (χ4v) is 5.89. The SMILES string of the molecule is CCOc1cc([C@H]2C(C(=O)OCCSCC)=C(C)NC3=C2C(=O)C[C@@H](c2ccc(Cl)cc2)C3)cc(Cl)c1O. The van der Waals surface area contributed by atoms with E-state index in [2.05, 4.69) is 5.32 Å². The summed E-state index contributed by atoms with van der Waals surface area (Å²) in [6, 6.07) is 10.8. The van der Waals surface area contributed by atoms with Crippen LogP contribution >= 0.6 is 35.0 Å². The molecule has 0 fully saturated rings. The fourth-order valence-electron chi connectivity index (χ4n) is 5.05. The number of carbonyl (C=O) groups is 2. The first-order chi connectivity index (χ1) is 18.2. The number of allylic oxidation sites excluding steroid dienone is 3. The van der Waals surface area contributed by atoms with Gasteiger partial charge in [0.25, 0.3) is 0 Å². The average molecular weight is 577 g/mol. The van der Waals surface area contributed by atoms with Crippen molar-refractivity contribution >= 4 is 46.7 Å². The van der Waals surface area contributed by atoms with Gasteiger partial charge in [0.2, 0.25) is 0 Å². The average Bonchev–Trinajstić information content (AvgIpc) is 2.88. The molecule has 2 aromatic carbocycles. The normalized spacial score (nSPS) is 19.2. The van der Waals surface area contributed by atoms with E-state index in [-0.39, 0.29) is 41.3 Å². The number of hydrogen-bond acceptors (Lipinski definition) is 7. The molecule has 0 bridgehead atoms. The molecule has 38 heavy (non-hydrogen) atoms. The Hall–Kier alpha value is -2.61. The number of nitrogens with one attached hydrogen (secondary N) is 1. The topological polar surface area (TPSA) is 84.9 Å². The first kappa shape index (κ1) is 28.4. The highest BCUT2D eigenvalue weighted by atomic mass is 35.5. The summed E-state index contributed by atoms with van der Waals surface area (Å²) in [6.45, 7) is 6.24. The summed E-state index contributed by atoms with van der Waals surface area (Å²) in [5.41, 5.74) is 3.86. The molecule has 0 spiro atoms. The number of Topliss-reactive ketones (excluding diaryl/α,β-unsaturated/α-hetero) is 1. The van der Waals surface area contributed by atoms with Crippen LogP contribution in [0.4, 0.5) is 0 Å². The van der Waals surface area contributed by atoms with Crippen LogP contribution in [-0.4, -0.2) is 41.6 Å². The van der Waals surface area contributed by atoms with E-state index >= 15 is 0 Å². The second-order valence-electron chi connectivity index (χ2n) is 9.18. The van der Waals surface area contributed by atoms with Crippen molar-refractivity contribution in [2.24, 2.45) is 0 Å². The van der Waals surface area contributed by atoms with E-state index in [1.807, 2.05) is 38.1 Å². The minimum absolute atomic E-state index is 0.0265. The number of benzene rings is 2. The Kier molecular flexibility index (Phi) is 9.34. The van der Waals surface area contributed by atoms with Crippen molar-refractivity contribution in [2.75, 3.05) is 24.7 Å². The van der Waals surface area contributed by atoms with E-state index in [4.69, 9.17) is 32.7 Å². The Balaban J connectivity index is 1.78. The molecule has 2 atom stereocenters. The number of aromatic hydroxyl groups is 1. The predicted octanol–water partition coefficient (Wildman–Crippen LogP) is 6.76. The molecule has 2 aliphatic rings. The van der Waals surface area contributed by atoms with Crippen LogP contribution in [0.1, 0.15) is 56.6 Å². The number of phenols is 1. The molecule has 0 radical (unpaired) electrons. The summed E-state index contributed by atoms with van der Waals surface area (Å²) in [5, 5.41) is 14.5. The highest BCUT2D eigenvalue weighted by molar-refractivity contribution is 7.99. The standard InChI is InChI=1S/C29H31Cl2NO5S/c1-4-36-24-15-19(12-21(31)28(24)34)26-25(29(35)37-10-11-38-5-2)16(3)32-22-13-18(14-23(33)27(22)26)17-6-8-20(30)9-7-17/h6-9,12,15,18,26,32,34H,4-5,10-11,13-14H2,1-3H3/t18-,26-/m0/s1. The van der Waals surface area contributed by atoms with E-state index in [1.54, 1.807) is 30.8 Å². The largest absolute Gasteiger partial charge is 0.503 e. The molecule has 2 aromatic rings. The van der Waals surface area contributed by atoms with Crippen molar-refractivity contribution < 1.29 is 24.2 Å². The van der Waals surface area contributed by atoms with Crippen molar-refractivity contribution in [1.29, 1.82) is 0 Å². The Morgan fingerprint density at radius 3 is 2.55 bits per heavy atom. The number of carbonyl (C=O) groups excluding carboxylic acids is 2. The maximum atomic E-state index is 13.8. The van der Waals surface area contributed by atoms with Crippen LogP contribution in [0.25, 0.3) is 0 Å². The second-order valence-corrected chi connectivity index (χ2v) is 11.4. The zero-order chi connectivity index (χ0) is 27.4. The van der Waals surface area contributed by atoms with E-state index in [9.17, 15) is 14.7 Å². The van der Waals surface area contributed by atoms with Crippen LogP contribution in [0.3, 0.4) is 0 Å². The van der Waals surface area contributed by atoms with Gasteiger partial charge in [0.1, 0.15) is 6.61 Å². The highest BCUT2D eigenvalue weighted by Crippen LogP contribution is 2.48. The number of phenolic OH excluding ortho intramolecular Hbond substituents is 1. The summed E-state index contributed by atoms with van der Waals surface area (Å²) >= 11 is 14.1. The van der Waals surface area contributed by atoms with Crippen LogP contribution in [0.15, 0.2) is 58.9 Å². The molecule has 1 aliphatic heterocycles. The zero-order valence-corrected chi connectivity index (χ0v) is 23.9. The van der Waals surface area contributed by atoms with Crippen molar-refractivity contribution in [3.05, 3.63) is 80.1 Å². The minimum Gasteiger partial charge on any atom is -0.503 e. The van der Waals surface area contributed by atoms with Gasteiger partial charge < -0.3 is 19.9 Å². The molecule has 4 rings (SSSR count). The van der Waals surface area contributed by atoms with Gasteiger partial charge in [-0.1, -0.05) is 42.3 Å². The molecule has 0 saturated carbocycles. The highest BCUT2D eigenvalue weighted by Gasteiger charge is 2.42. The van der Waals surface area contributed by atoms with Gasteiger partial charge in [-0.05, 0) is 67.3 Å². The second kappa shape index (κ2) is 12.5. The lowest BCUT2D eigenvalue weighted by atomic mass is 9.71. The van der Waals surface area contributed by atoms with Gasteiger partial charge in [-0.2, -0.15) is 11.8 Å². The molecule has 1 aliphatic carbocycles. The molecule has 0 saturated heterocycles. The Labute approximate surface area is 237 Å². The summed E-state index contributed by atoms with van der Waals surface area (Å²) in [6.07, 6.45) is 0.882. The van der Waals surface area contributed by atoms with Crippen molar-refractivity contribution in [1.82, 2.24) is 5.32 Å². The molecule has 1 heterocycles. The minimum atomic E-state index is -0.714. The van der Waals surface area contributed by atoms with Gasteiger partial charge >= 0.3 is 5.97 Å². The number of dihydropyridines is 1. The van der Waals surface area contributed by atoms with Crippen molar-refractivity contribution in [3.8, 4) is 11.5 Å². The number of hydrogen-bond donors (Lipinski definition) is 2. The smallest absolute Gasteiger partial charge is 0.336 e. The van der Waals surface area contributed by atoms with Gasteiger partial charge in [-0.15, -0.1) is 0 Å². The van der Waals surface area contributed by atoms with Crippen LogP contribution in [0.2, 0.25) is 10.0 Å². The number of thioether (sulfide) groups is 1. The van der Waals surface area contributed by atoms with Crippen LogP contribution in [0.5, 0.6) is 11.5 Å². The van der Waals surface area contributed by atoms with E-state index in [0.29, 0.717) is 46.2 Å². The molecular formula is C29H31Cl2NO5S. The quantitative estimate of drug-likeness (QED) is 0.252. The maximum Gasteiger partial charge on any atom is 0.336 e. The molecule has 2 N–H and O–H groups in total. The Morgan fingerprint density at radius 1 is 1.13 bits per heavy atom. The molecule has 0 unspecified atom stereocenters. The lowest BCUT2D eigenvalue weighted by Crippen LogP contribution is -2.36. The van der Waals surface area contributed by atoms with Gasteiger partial charge in [-0.3, -0.25) is 4.79 Å². The van der Waals surface area contributed by atoms with Gasteiger partial charge in [0.15, 0.2) is 17.3 Å². The lowest BCUT2D eigenvalue weighted by Gasteiger charge is -2.37. The molecule has 6 nitrogen and oxygen atoms in total. The lowest BCUT2D eigenvalue weighted by molar-refractivity contribution is -0.138. The molecular weight excluding hydrogens is 545 g/mol. The third-order valence-corrected chi connectivity index (χ3v) is 8.14. The van der Waals surface area contributed by atoms with Gasteiger partial charge in [-0.25, -0.2) is 4.79 Å². The number of rotatable bonds is 9. The molecule has 202 valence electrons. The molecule has 0 amide bonds. The first-order valence-corrected chi connectivity index (χ1v) is 14.6. The Bertz CT molecular complexity index is 1290. The third kappa shape index (κ3) is 6.00. The summed E-state index contributed by atoms with van der Waals surface area (Å²) < 4.78 is 11.3. The van der Waals surface area contributed by atoms with Crippen LogP contribution < -0.4 is 10.1 Å². The number of esters is 1. The van der Waals surface area contributed by atoms with Crippen LogP contribution in [-0.2, 0) is 14.3 Å². The fraction of sp³-hybridized carbons (Fsp3) is 0.379. The number of halogens is 2. The summed E-state index contributed by atoms with van der Waals surface area (Å²) in [5.74, 6) is 0.331. The van der Waals surface area contributed by atoms with Crippen molar-refractivity contribution in [2.45, 2.75) is 45.4 Å². The number of ether oxygens (including phenoxy) is 2. The van der Waals surface area contributed by atoms with Crippen LogP contribution in [0, 0.1) is 0 Å². The van der Waals surface area contributed by atoms with E-state index in [1.165, 1.54) is 0 Å². The summed E-state index contributed by atoms with van der Waals surface area (Å²) in [4.78, 5) is 27.2. The predicted molar refractivity (Wildman–Crippen MR) is 152 cm³/mol. The zero-order valence-electron chi connectivity index (χ0n) is 21.6. The van der Waals surface area contributed by atoms with Gasteiger partial charge in [0, 0.05) is 40.1 Å². The Morgan fingerprint density at radius 2 is 1.87 bits per heavy atom. The maximum absolute atomic E-state index is 13.8. The summed E-state index contributed by atoms with van der Waals surface area (Å²) in [7, 11) is 0. The first-order valence-electron chi connectivity index (χ1n) is 12.6. The molecule has 9 heteroatoms. The monoisotopic (exact) mass is 575 g/mol. The van der Waals surface area contributed by atoms with E-state index < -0.39 is 11.9 Å². The van der Waals surface area contributed by atoms with E-state index in [0.717, 1.165) is 17.0 Å². The number of ketones is 1. The third-order valence-electron chi connectivity index (χ3n) is 6.74. The molecule has 0 aromatic heterocycles. The van der Waals surface area contributed by atoms with Crippen molar-refractivity contribution in [3.63, 3.8) is 0 Å².